The van der Waals surface area contributed by atoms with Crippen LogP contribution >= 0.6 is 0 Å². The molecule has 1 aliphatic rings. The van der Waals surface area contributed by atoms with Crippen molar-refractivity contribution in [2.24, 2.45) is 5.41 Å². The SMILES string of the molecule is COCCN1CCN(C(=O)[C@](C)(C#N)[C@H](c2ccccc2OC)c2cccc3ccccc23)CC1. The molecule has 0 radical (unpaired) electrons. The lowest BCUT2D eigenvalue weighted by Gasteiger charge is -2.40. The molecule has 0 unspecified atom stereocenters. The fraction of sp³-hybridized carbons (Fsp3) is 0.379. The molecule has 1 aliphatic heterocycles. The van der Waals surface area contributed by atoms with E-state index in [1.807, 2.05) is 53.4 Å². The zero-order valence-electron chi connectivity index (χ0n) is 20.7. The van der Waals surface area contributed by atoms with Crippen LogP contribution in [-0.4, -0.2) is 69.3 Å². The van der Waals surface area contributed by atoms with Crippen molar-refractivity contribution in [1.29, 1.82) is 5.26 Å². The van der Waals surface area contributed by atoms with Crippen LogP contribution in [0.1, 0.15) is 24.0 Å². The molecule has 4 rings (SSSR count). The number of amides is 1. The Hall–Kier alpha value is -3.40. The van der Waals surface area contributed by atoms with Gasteiger partial charge in [0.15, 0.2) is 0 Å². The van der Waals surface area contributed by atoms with E-state index < -0.39 is 11.3 Å². The molecule has 3 aromatic rings. The number of methoxy groups -OCH3 is 2. The first-order chi connectivity index (χ1) is 17.0. The molecule has 3 aromatic carbocycles. The van der Waals surface area contributed by atoms with Crippen molar-refractivity contribution >= 4 is 16.7 Å². The number of ether oxygens (including phenoxy) is 2. The van der Waals surface area contributed by atoms with Gasteiger partial charge in [0.2, 0.25) is 5.91 Å². The Bertz CT molecular complexity index is 1210. The van der Waals surface area contributed by atoms with Crippen molar-refractivity contribution in [3.05, 3.63) is 77.9 Å². The molecule has 1 amide bonds. The lowest BCUT2D eigenvalue weighted by molar-refractivity contribution is -0.140. The topological polar surface area (TPSA) is 65.8 Å². The van der Waals surface area contributed by atoms with E-state index in [9.17, 15) is 10.1 Å². The fourth-order valence-electron chi connectivity index (χ4n) is 5.16. The second-order valence-corrected chi connectivity index (χ2v) is 9.18. The molecule has 6 heteroatoms. The Balaban J connectivity index is 1.79. The predicted octanol–water partition coefficient (Wildman–Crippen LogP) is 4.30. The lowest BCUT2D eigenvalue weighted by atomic mass is 9.68. The van der Waals surface area contributed by atoms with E-state index in [0.29, 0.717) is 25.4 Å². The van der Waals surface area contributed by atoms with Crippen molar-refractivity contribution in [1.82, 2.24) is 9.80 Å². The molecule has 1 fully saturated rings. The van der Waals surface area contributed by atoms with Crippen molar-refractivity contribution in [3.63, 3.8) is 0 Å². The van der Waals surface area contributed by atoms with E-state index in [0.717, 1.165) is 41.5 Å². The minimum atomic E-state index is -1.33. The lowest BCUT2D eigenvalue weighted by Crippen LogP contribution is -2.54. The standard InChI is InChI=1S/C29H33N3O3/c1-29(21-30,28(33)32-17-15-31(16-18-32)19-20-34-2)27(25-12-6-7-14-26(25)35-3)24-13-8-10-22-9-4-5-11-23(22)24/h4-14,27H,15-20H2,1-3H3/t27-,29+/m0/s1. The van der Waals surface area contributed by atoms with E-state index in [-0.39, 0.29) is 5.91 Å². The summed E-state index contributed by atoms with van der Waals surface area (Å²) in [6, 6.07) is 24.4. The van der Waals surface area contributed by atoms with E-state index in [1.54, 1.807) is 21.1 Å². The van der Waals surface area contributed by atoms with Crippen LogP contribution in [0.4, 0.5) is 0 Å². The number of para-hydroxylation sites is 1. The molecule has 2 atom stereocenters. The summed E-state index contributed by atoms with van der Waals surface area (Å²) in [6.45, 7) is 6.01. The number of carbonyl (C=O) groups excluding carboxylic acids is 1. The largest absolute Gasteiger partial charge is 0.496 e. The van der Waals surface area contributed by atoms with Gasteiger partial charge in [-0.3, -0.25) is 9.69 Å². The maximum atomic E-state index is 14.1. The number of fused-ring (bicyclic) bond motifs is 1. The quantitative estimate of drug-likeness (QED) is 0.490. The summed E-state index contributed by atoms with van der Waals surface area (Å²) in [7, 11) is 3.33. The highest BCUT2D eigenvalue weighted by Gasteiger charge is 2.47. The molecule has 0 N–H and O–H groups in total. The summed E-state index contributed by atoms with van der Waals surface area (Å²) in [4.78, 5) is 18.3. The number of rotatable bonds is 8. The van der Waals surface area contributed by atoms with Crippen LogP contribution in [0.25, 0.3) is 10.8 Å². The van der Waals surface area contributed by atoms with Gasteiger partial charge in [0.1, 0.15) is 11.2 Å². The average molecular weight is 472 g/mol. The van der Waals surface area contributed by atoms with Gasteiger partial charge in [-0.2, -0.15) is 5.26 Å². The molecule has 1 heterocycles. The van der Waals surface area contributed by atoms with Crippen LogP contribution in [0.2, 0.25) is 0 Å². The molecular weight excluding hydrogens is 438 g/mol. The highest BCUT2D eigenvalue weighted by atomic mass is 16.5. The van der Waals surface area contributed by atoms with Crippen LogP contribution in [0, 0.1) is 16.7 Å². The Morgan fingerprint density at radius 2 is 1.63 bits per heavy atom. The molecule has 0 saturated carbocycles. The van der Waals surface area contributed by atoms with Crippen LogP contribution < -0.4 is 4.74 Å². The van der Waals surface area contributed by atoms with Crippen LogP contribution in [-0.2, 0) is 9.53 Å². The molecule has 6 nitrogen and oxygen atoms in total. The minimum Gasteiger partial charge on any atom is -0.496 e. The number of nitrogens with zero attached hydrogens (tertiary/aromatic N) is 3. The van der Waals surface area contributed by atoms with Gasteiger partial charge in [0.25, 0.3) is 0 Å². The molecule has 35 heavy (non-hydrogen) atoms. The first-order valence-corrected chi connectivity index (χ1v) is 12.1. The van der Waals surface area contributed by atoms with Crippen molar-refractivity contribution in [3.8, 4) is 11.8 Å². The number of carbonyl (C=O) groups is 1. The number of piperazine rings is 1. The second kappa shape index (κ2) is 10.9. The van der Waals surface area contributed by atoms with Crippen molar-refractivity contribution in [2.75, 3.05) is 53.6 Å². The predicted molar refractivity (Wildman–Crippen MR) is 137 cm³/mol. The Labute approximate surface area is 207 Å². The van der Waals surface area contributed by atoms with E-state index in [1.165, 1.54) is 0 Å². The Morgan fingerprint density at radius 3 is 2.34 bits per heavy atom. The molecule has 0 aliphatic carbocycles. The van der Waals surface area contributed by atoms with Crippen LogP contribution in [0.15, 0.2) is 66.7 Å². The summed E-state index contributed by atoms with van der Waals surface area (Å²) in [5.41, 5.74) is 0.458. The molecule has 1 saturated heterocycles. The van der Waals surface area contributed by atoms with Crippen molar-refractivity contribution < 1.29 is 14.3 Å². The van der Waals surface area contributed by atoms with Gasteiger partial charge in [-0.15, -0.1) is 0 Å². The highest BCUT2D eigenvalue weighted by Crippen LogP contribution is 2.47. The normalized spacial score (nSPS) is 16.9. The van der Waals surface area contributed by atoms with Crippen LogP contribution in [0.3, 0.4) is 0 Å². The Morgan fingerprint density at radius 1 is 0.971 bits per heavy atom. The van der Waals surface area contributed by atoms with Gasteiger partial charge in [0.05, 0.1) is 19.8 Å². The number of nitriles is 1. The summed E-state index contributed by atoms with van der Waals surface area (Å²) in [6.07, 6.45) is 0. The molecule has 182 valence electrons. The number of benzene rings is 3. The van der Waals surface area contributed by atoms with E-state index in [2.05, 4.69) is 29.2 Å². The summed E-state index contributed by atoms with van der Waals surface area (Å²) >= 11 is 0. The van der Waals surface area contributed by atoms with Gasteiger partial charge in [-0.1, -0.05) is 60.7 Å². The monoisotopic (exact) mass is 471 g/mol. The third-order valence-corrected chi connectivity index (χ3v) is 7.11. The van der Waals surface area contributed by atoms with Crippen LogP contribution in [0.5, 0.6) is 5.75 Å². The molecule has 0 aromatic heterocycles. The summed E-state index contributed by atoms with van der Waals surface area (Å²) in [5.74, 6) is 0.0214. The summed E-state index contributed by atoms with van der Waals surface area (Å²) < 4.78 is 10.9. The first-order valence-electron chi connectivity index (χ1n) is 12.1. The van der Waals surface area contributed by atoms with Gasteiger partial charge < -0.3 is 14.4 Å². The van der Waals surface area contributed by atoms with E-state index >= 15 is 0 Å². The fourth-order valence-corrected chi connectivity index (χ4v) is 5.16. The molecule has 0 bridgehead atoms. The molecule has 0 spiro atoms. The van der Waals surface area contributed by atoms with Gasteiger partial charge in [-0.25, -0.2) is 0 Å². The maximum absolute atomic E-state index is 14.1. The smallest absolute Gasteiger partial charge is 0.243 e. The molecular formula is C29H33N3O3. The highest BCUT2D eigenvalue weighted by molar-refractivity contribution is 5.91. The zero-order chi connectivity index (χ0) is 24.8. The third-order valence-electron chi connectivity index (χ3n) is 7.11. The van der Waals surface area contributed by atoms with Gasteiger partial charge >= 0.3 is 0 Å². The van der Waals surface area contributed by atoms with Gasteiger partial charge in [0, 0.05) is 51.3 Å². The second-order valence-electron chi connectivity index (χ2n) is 9.18. The van der Waals surface area contributed by atoms with Gasteiger partial charge in [-0.05, 0) is 29.3 Å². The maximum Gasteiger partial charge on any atom is 0.243 e. The first kappa shape index (κ1) is 24.7. The van der Waals surface area contributed by atoms with Crippen molar-refractivity contribution in [2.45, 2.75) is 12.8 Å². The number of hydrogen-bond donors (Lipinski definition) is 0. The summed E-state index contributed by atoms with van der Waals surface area (Å²) in [5, 5.41) is 12.7. The average Bonchev–Trinajstić information content (AvgIpc) is 2.92. The minimum absolute atomic E-state index is 0.143. The third kappa shape index (κ3) is 4.88. The number of hydrogen-bond acceptors (Lipinski definition) is 5. The van der Waals surface area contributed by atoms with E-state index in [4.69, 9.17) is 9.47 Å². The zero-order valence-corrected chi connectivity index (χ0v) is 20.7. The Kier molecular flexibility index (Phi) is 7.70.